The monoisotopic (exact) mass is 388 g/mol. The lowest BCUT2D eigenvalue weighted by Crippen LogP contribution is -2.45. The fourth-order valence-corrected chi connectivity index (χ4v) is 2.83. The smallest absolute Gasteiger partial charge is 0.319 e. The first-order valence-corrected chi connectivity index (χ1v) is 8.47. The number of nitrogens with two attached hydrogens (primary N) is 1. The maximum atomic E-state index is 12.7. The average Bonchev–Trinajstić information content (AvgIpc) is 2.46. The number of hydrogen-bond donors (Lipinski definition) is 3. The largest absolute Gasteiger partial charge is 0.337 e. The molecule has 1 heterocycles. The van der Waals surface area contributed by atoms with Gasteiger partial charge in [0.2, 0.25) is 0 Å². The zero-order chi connectivity index (χ0) is 17.9. The molecule has 1 saturated heterocycles. The van der Waals surface area contributed by atoms with Crippen LogP contribution in [-0.4, -0.2) is 41.5 Å². The van der Waals surface area contributed by atoms with Crippen LogP contribution in [0.25, 0.3) is 0 Å². The van der Waals surface area contributed by atoms with Gasteiger partial charge in [0.1, 0.15) is 0 Å². The predicted molar refractivity (Wildman–Crippen MR) is 104 cm³/mol. The number of nitrogens with zero attached hydrogens (tertiary/aromatic N) is 1. The van der Waals surface area contributed by atoms with Gasteiger partial charge in [-0.1, -0.05) is 11.6 Å². The van der Waals surface area contributed by atoms with Crippen molar-refractivity contribution in [3.63, 3.8) is 0 Å². The number of piperidine rings is 1. The molecule has 1 aromatic carbocycles. The molecule has 1 aliphatic heterocycles. The summed E-state index contributed by atoms with van der Waals surface area (Å²) in [6.07, 6.45) is 1.81. The molecule has 2 rings (SSSR count). The van der Waals surface area contributed by atoms with Crippen molar-refractivity contribution >= 4 is 41.6 Å². The lowest BCUT2D eigenvalue weighted by Gasteiger charge is -2.31. The van der Waals surface area contributed by atoms with Gasteiger partial charge in [0, 0.05) is 30.4 Å². The number of urea groups is 1. The third-order valence-electron chi connectivity index (χ3n) is 3.69. The lowest BCUT2D eigenvalue weighted by molar-refractivity contribution is 0.0709. The van der Waals surface area contributed by atoms with Crippen LogP contribution in [0.15, 0.2) is 18.2 Å². The van der Waals surface area contributed by atoms with Gasteiger partial charge < -0.3 is 21.3 Å². The highest BCUT2D eigenvalue weighted by atomic mass is 35.5. The number of anilines is 1. The summed E-state index contributed by atoms with van der Waals surface area (Å²) >= 11 is 6.18. The minimum Gasteiger partial charge on any atom is -0.337 e. The summed E-state index contributed by atoms with van der Waals surface area (Å²) in [6.45, 7) is 6.87. The Hall–Kier alpha value is -1.50. The molecule has 4 N–H and O–H groups in total. The zero-order valence-electron chi connectivity index (χ0n) is 14.8. The van der Waals surface area contributed by atoms with Crippen LogP contribution in [0.2, 0.25) is 5.02 Å². The zero-order valence-corrected chi connectivity index (χ0v) is 16.3. The number of likely N-dealkylation sites (tertiary alicyclic amines) is 1. The number of carbonyl (C=O) groups excluding carboxylic acids is 2. The SMILES string of the molecule is CC(C)(C)NC(=O)Nc1ccc(Cl)c(C(=O)N2CCCC(N)C2)c1.Cl. The topological polar surface area (TPSA) is 87.5 Å². The first-order valence-electron chi connectivity index (χ1n) is 8.09. The molecule has 0 aliphatic carbocycles. The molecule has 0 spiro atoms. The Labute approximate surface area is 159 Å². The Morgan fingerprint density at radius 2 is 2.00 bits per heavy atom. The van der Waals surface area contributed by atoms with Gasteiger partial charge >= 0.3 is 6.03 Å². The normalized spacial score (nSPS) is 17.5. The van der Waals surface area contributed by atoms with E-state index < -0.39 is 0 Å². The molecule has 0 bridgehead atoms. The van der Waals surface area contributed by atoms with Crippen LogP contribution in [0.4, 0.5) is 10.5 Å². The molecule has 3 amide bonds. The van der Waals surface area contributed by atoms with Gasteiger partial charge in [-0.15, -0.1) is 12.4 Å². The molecule has 1 aliphatic rings. The van der Waals surface area contributed by atoms with Gasteiger partial charge in [0.15, 0.2) is 0 Å². The van der Waals surface area contributed by atoms with E-state index in [2.05, 4.69) is 10.6 Å². The quantitative estimate of drug-likeness (QED) is 0.726. The van der Waals surface area contributed by atoms with Gasteiger partial charge in [0.05, 0.1) is 10.6 Å². The summed E-state index contributed by atoms with van der Waals surface area (Å²) in [6, 6.07) is 4.56. The second-order valence-corrected chi connectivity index (χ2v) is 7.58. The average molecular weight is 389 g/mol. The highest BCUT2D eigenvalue weighted by Crippen LogP contribution is 2.23. The lowest BCUT2D eigenvalue weighted by atomic mass is 10.0. The van der Waals surface area contributed by atoms with E-state index in [0.29, 0.717) is 29.4 Å². The Kier molecular flexibility index (Phi) is 7.53. The summed E-state index contributed by atoms with van der Waals surface area (Å²) in [7, 11) is 0. The standard InChI is InChI=1S/C17H25ClN4O2.ClH/c1-17(2,3)21-16(24)20-12-6-7-14(18)13(9-12)15(23)22-8-4-5-11(19)10-22;/h6-7,9,11H,4-5,8,10,19H2,1-3H3,(H2,20,21,24);1H. The maximum absolute atomic E-state index is 12.7. The van der Waals surface area contributed by atoms with Crippen molar-refractivity contribution in [1.29, 1.82) is 0 Å². The van der Waals surface area contributed by atoms with Crippen LogP contribution in [0.5, 0.6) is 0 Å². The third-order valence-corrected chi connectivity index (χ3v) is 4.02. The van der Waals surface area contributed by atoms with E-state index in [1.54, 1.807) is 23.1 Å². The molecule has 8 heteroatoms. The predicted octanol–water partition coefficient (Wildman–Crippen LogP) is 3.25. The van der Waals surface area contributed by atoms with Crippen LogP contribution in [0.1, 0.15) is 44.0 Å². The van der Waals surface area contributed by atoms with E-state index in [1.807, 2.05) is 20.8 Å². The molecule has 0 radical (unpaired) electrons. The summed E-state index contributed by atoms with van der Waals surface area (Å²) < 4.78 is 0. The molecule has 25 heavy (non-hydrogen) atoms. The number of nitrogens with one attached hydrogen (secondary N) is 2. The minimum atomic E-state index is -0.348. The number of carbonyl (C=O) groups is 2. The van der Waals surface area contributed by atoms with Crippen LogP contribution < -0.4 is 16.4 Å². The first kappa shape index (κ1) is 21.5. The summed E-state index contributed by atoms with van der Waals surface area (Å²) in [5.41, 5.74) is 6.49. The Morgan fingerprint density at radius 3 is 2.60 bits per heavy atom. The van der Waals surface area contributed by atoms with Crippen molar-refractivity contribution in [3.05, 3.63) is 28.8 Å². The molecule has 1 atom stereocenters. The minimum absolute atomic E-state index is 0. The van der Waals surface area contributed by atoms with Crippen LogP contribution >= 0.6 is 24.0 Å². The molecule has 140 valence electrons. The number of amides is 3. The highest BCUT2D eigenvalue weighted by molar-refractivity contribution is 6.34. The summed E-state index contributed by atoms with van der Waals surface area (Å²) in [5.74, 6) is -0.157. The fraction of sp³-hybridized carbons (Fsp3) is 0.529. The van der Waals surface area contributed by atoms with Gasteiger partial charge in [-0.25, -0.2) is 4.79 Å². The van der Waals surface area contributed by atoms with Gasteiger partial charge in [-0.2, -0.15) is 0 Å². The van der Waals surface area contributed by atoms with Crippen LogP contribution in [-0.2, 0) is 0 Å². The Morgan fingerprint density at radius 1 is 1.32 bits per heavy atom. The molecular weight excluding hydrogens is 363 g/mol. The van der Waals surface area contributed by atoms with Crippen molar-refractivity contribution in [2.45, 2.75) is 45.2 Å². The Bertz CT molecular complexity index is 632. The Balaban J connectivity index is 0.00000312. The molecule has 1 aromatic rings. The van der Waals surface area contributed by atoms with E-state index in [4.69, 9.17) is 17.3 Å². The van der Waals surface area contributed by atoms with E-state index in [0.717, 1.165) is 12.8 Å². The fourth-order valence-electron chi connectivity index (χ4n) is 2.63. The van der Waals surface area contributed by atoms with Gasteiger partial charge in [-0.05, 0) is 51.8 Å². The van der Waals surface area contributed by atoms with E-state index >= 15 is 0 Å². The second kappa shape index (κ2) is 8.74. The van der Waals surface area contributed by atoms with Crippen molar-refractivity contribution in [2.24, 2.45) is 5.73 Å². The maximum Gasteiger partial charge on any atom is 0.319 e. The number of hydrogen-bond acceptors (Lipinski definition) is 3. The van der Waals surface area contributed by atoms with Gasteiger partial charge in [0.25, 0.3) is 5.91 Å². The molecule has 0 saturated carbocycles. The van der Waals surface area contributed by atoms with Crippen molar-refractivity contribution in [2.75, 3.05) is 18.4 Å². The molecular formula is C17H26Cl2N4O2. The van der Waals surface area contributed by atoms with Gasteiger partial charge in [-0.3, -0.25) is 4.79 Å². The van der Waals surface area contributed by atoms with Crippen molar-refractivity contribution in [1.82, 2.24) is 10.2 Å². The summed E-state index contributed by atoms with van der Waals surface area (Å²) in [4.78, 5) is 26.4. The van der Waals surface area contributed by atoms with E-state index in [9.17, 15) is 9.59 Å². The molecule has 1 fully saturated rings. The highest BCUT2D eigenvalue weighted by Gasteiger charge is 2.24. The van der Waals surface area contributed by atoms with Crippen molar-refractivity contribution in [3.8, 4) is 0 Å². The number of halogens is 2. The third kappa shape index (κ3) is 6.38. The van der Waals surface area contributed by atoms with Crippen molar-refractivity contribution < 1.29 is 9.59 Å². The summed E-state index contributed by atoms with van der Waals surface area (Å²) in [5, 5.41) is 5.90. The second-order valence-electron chi connectivity index (χ2n) is 7.18. The van der Waals surface area contributed by atoms with E-state index in [-0.39, 0.29) is 35.9 Å². The van der Waals surface area contributed by atoms with Crippen LogP contribution in [0.3, 0.4) is 0 Å². The molecule has 6 nitrogen and oxygen atoms in total. The molecule has 1 unspecified atom stereocenters. The first-order chi connectivity index (χ1) is 11.2. The molecule has 0 aromatic heterocycles. The number of benzene rings is 1. The number of rotatable bonds is 2. The van der Waals surface area contributed by atoms with E-state index in [1.165, 1.54) is 0 Å². The van der Waals surface area contributed by atoms with Crippen LogP contribution in [0, 0.1) is 0 Å².